The van der Waals surface area contributed by atoms with Crippen molar-refractivity contribution in [1.29, 1.82) is 5.41 Å². The average Bonchev–Trinajstić information content (AvgIpc) is 3.18. The number of rotatable bonds is 3. The molecule has 170 valence electrons. The number of ether oxygens (including phenoxy) is 1. The van der Waals surface area contributed by atoms with Gasteiger partial charge in [-0.2, -0.15) is 0 Å². The number of aromatic nitrogens is 4. The monoisotopic (exact) mass is 476 g/mol. The van der Waals surface area contributed by atoms with Gasteiger partial charge in [-0.05, 0) is 45.7 Å². The van der Waals surface area contributed by atoms with Crippen LogP contribution < -0.4 is 5.49 Å². The SMILES string of the molecule is CC(C)(C)OC(=O)N1CCC(c2nc3c([nH]2)c(=N)ncn3Cc2c(Cl)cccc2Cl)CC1. The van der Waals surface area contributed by atoms with E-state index < -0.39 is 5.60 Å². The van der Waals surface area contributed by atoms with E-state index in [-0.39, 0.29) is 17.5 Å². The Balaban J connectivity index is 1.56. The van der Waals surface area contributed by atoms with E-state index >= 15 is 0 Å². The van der Waals surface area contributed by atoms with Gasteiger partial charge < -0.3 is 19.2 Å². The van der Waals surface area contributed by atoms with Crippen LogP contribution in [0, 0.1) is 5.41 Å². The highest BCUT2D eigenvalue weighted by Crippen LogP contribution is 2.29. The second-order valence-electron chi connectivity index (χ2n) is 8.98. The van der Waals surface area contributed by atoms with Crippen molar-refractivity contribution >= 4 is 40.5 Å². The molecule has 2 aromatic heterocycles. The molecule has 4 rings (SSSR count). The zero-order chi connectivity index (χ0) is 23.0. The first-order valence-corrected chi connectivity index (χ1v) is 11.3. The van der Waals surface area contributed by atoms with Crippen molar-refractivity contribution < 1.29 is 9.53 Å². The van der Waals surface area contributed by atoms with Crippen LogP contribution in [0.5, 0.6) is 0 Å². The van der Waals surface area contributed by atoms with Gasteiger partial charge in [0.15, 0.2) is 11.1 Å². The number of hydrogen-bond acceptors (Lipinski definition) is 5. The van der Waals surface area contributed by atoms with Crippen LogP contribution in [0.1, 0.15) is 50.9 Å². The molecule has 10 heteroatoms. The zero-order valence-corrected chi connectivity index (χ0v) is 19.8. The second kappa shape index (κ2) is 8.75. The van der Waals surface area contributed by atoms with Crippen LogP contribution in [0.3, 0.4) is 0 Å². The summed E-state index contributed by atoms with van der Waals surface area (Å²) in [7, 11) is 0. The van der Waals surface area contributed by atoms with E-state index in [4.69, 9.17) is 38.3 Å². The Kier molecular flexibility index (Phi) is 6.18. The third-order valence-electron chi connectivity index (χ3n) is 5.46. The maximum Gasteiger partial charge on any atom is 0.410 e. The summed E-state index contributed by atoms with van der Waals surface area (Å²) < 4.78 is 7.32. The molecule has 8 nitrogen and oxygen atoms in total. The molecule has 32 heavy (non-hydrogen) atoms. The fourth-order valence-electron chi connectivity index (χ4n) is 3.83. The van der Waals surface area contributed by atoms with Crippen molar-refractivity contribution in [3.05, 3.63) is 51.4 Å². The number of carbonyl (C=O) groups excluding carboxylic acids is 1. The van der Waals surface area contributed by atoms with Crippen molar-refractivity contribution in [2.75, 3.05) is 13.1 Å². The van der Waals surface area contributed by atoms with Crippen LogP contribution in [0.2, 0.25) is 10.0 Å². The number of imidazole rings is 1. The topological polar surface area (TPSA) is 99.9 Å². The molecule has 3 heterocycles. The fourth-order valence-corrected chi connectivity index (χ4v) is 4.34. The summed E-state index contributed by atoms with van der Waals surface area (Å²) in [5.41, 5.74) is 1.59. The minimum atomic E-state index is -0.512. The number of fused-ring (bicyclic) bond motifs is 1. The summed E-state index contributed by atoms with van der Waals surface area (Å²) in [6.45, 7) is 7.18. The van der Waals surface area contributed by atoms with Gasteiger partial charge in [0.2, 0.25) is 0 Å². The summed E-state index contributed by atoms with van der Waals surface area (Å²) in [4.78, 5) is 26.4. The summed E-state index contributed by atoms with van der Waals surface area (Å²) in [5, 5.41) is 9.34. The van der Waals surface area contributed by atoms with E-state index in [1.165, 1.54) is 0 Å². The molecule has 1 amide bonds. The second-order valence-corrected chi connectivity index (χ2v) is 9.80. The Morgan fingerprint density at radius 2 is 1.91 bits per heavy atom. The molecule has 1 saturated heterocycles. The molecule has 0 bridgehead atoms. The summed E-state index contributed by atoms with van der Waals surface area (Å²) >= 11 is 12.7. The summed E-state index contributed by atoms with van der Waals surface area (Å²) in [6, 6.07) is 5.39. The first-order valence-electron chi connectivity index (χ1n) is 10.5. The molecule has 1 aliphatic rings. The lowest BCUT2D eigenvalue weighted by Gasteiger charge is -2.32. The maximum absolute atomic E-state index is 12.3. The van der Waals surface area contributed by atoms with Crippen LogP contribution in [-0.2, 0) is 11.3 Å². The minimum Gasteiger partial charge on any atom is -0.444 e. The van der Waals surface area contributed by atoms with Gasteiger partial charge in [-0.15, -0.1) is 0 Å². The van der Waals surface area contributed by atoms with Gasteiger partial charge in [-0.1, -0.05) is 29.3 Å². The van der Waals surface area contributed by atoms with E-state index in [9.17, 15) is 4.79 Å². The largest absolute Gasteiger partial charge is 0.444 e. The standard InChI is InChI=1S/C22H26Cl2N6O2/c1-22(2,3)32-21(31)29-9-7-13(8-10-29)19-27-17-18(25)26-12-30(20(17)28-19)11-14-15(23)5-4-6-16(14)24/h4-6,12-13,25H,7-11H2,1-3H3,(H,27,28). The molecule has 0 saturated carbocycles. The molecule has 1 aromatic carbocycles. The molecule has 1 fully saturated rings. The Hall–Kier alpha value is -2.58. The lowest BCUT2D eigenvalue weighted by atomic mass is 9.96. The van der Waals surface area contributed by atoms with Crippen molar-refractivity contribution in [1.82, 2.24) is 24.4 Å². The quantitative estimate of drug-likeness (QED) is 0.571. The normalized spacial score (nSPS) is 15.3. The van der Waals surface area contributed by atoms with E-state index in [0.717, 1.165) is 24.2 Å². The number of hydrogen-bond donors (Lipinski definition) is 2. The summed E-state index contributed by atoms with van der Waals surface area (Å²) in [5.74, 6) is 0.946. The number of H-pyrrole nitrogens is 1. The number of piperidine rings is 1. The van der Waals surface area contributed by atoms with Crippen molar-refractivity contribution in [3.8, 4) is 0 Å². The van der Waals surface area contributed by atoms with Gasteiger partial charge in [0.05, 0.1) is 12.9 Å². The number of carbonyl (C=O) groups is 1. The predicted octanol–water partition coefficient (Wildman–Crippen LogP) is 4.71. The van der Waals surface area contributed by atoms with Gasteiger partial charge >= 0.3 is 6.09 Å². The van der Waals surface area contributed by atoms with E-state index in [1.807, 2.05) is 25.3 Å². The number of halogens is 2. The molecule has 0 unspecified atom stereocenters. The zero-order valence-electron chi connectivity index (χ0n) is 18.3. The lowest BCUT2D eigenvalue weighted by Crippen LogP contribution is -2.41. The smallest absolute Gasteiger partial charge is 0.410 e. The number of nitrogens with one attached hydrogen (secondary N) is 2. The molecule has 0 aliphatic carbocycles. The lowest BCUT2D eigenvalue weighted by molar-refractivity contribution is 0.0203. The van der Waals surface area contributed by atoms with Crippen LogP contribution in [0.4, 0.5) is 4.79 Å². The number of amides is 1. The first-order chi connectivity index (χ1) is 15.1. The van der Waals surface area contributed by atoms with Crippen molar-refractivity contribution in [2.24, 2.45) is 0 Å². The molecule has 3 aromatic rings. The van der Waals surface area contributed by atoms with Crippen LogP contribution in [0.25, 0.3) is 11.2 Å². The Bertz CT molecular complexity index is 1190. The molecule has 2 N–H and O–H groups in total. The predicted molar refractivity (Wildman–Crippen MR) is 123 cm³/mol. The van der Waals surface area contributed by atoms with Gasteiger partial charge in [0, 0.05) is 34.6 Å². The number of likely N-dealkylation sites (tertiary alicyclic amines) is 1. The van der Waals surface area contributed by atoms with Crippen LogP contribution in [-0.4, -0.2) is 49.2 Å². The van der Waals surface area contributed by atoms with Gasteiger partial charge in [-0.25, -0.2) is 14.8 Å². The van der Waals surface area contributed by atoms with Gasteiger partial charge in [0.1, 0.15) is 16.9 Å². The van der Waals surface area contributed by atoms with Gasteiger partial charge in [0.25, 0.3) is 0 Å². The number of nitrogens with zero attached hydrogens (tertiary/aromatic N) is 4. The highest BCUT2D eigenvalue weighted by atomic mass is 35.5. The van der Waals surface area contributed by atoms with Gasteiger partial charge in [-0.3, -0.25) is 5.41 Å². The molecular weight excluding hydrogens is 451 g/mol. The molecule has 0 atom stereocenters. The Morgan fingerprint density at radius 1 is 1.25 bits per heavy atom. The van der Waals surface area contributed by atoms with E-state index in [2.05, 4.69) is 9.97 Å². The fraction of sp³-hybridized carbons (Fsp3) is 0.455. The average molecular weight is 477 g/mol. The van der Waals surface area contributed by atoms with Crippen LogP contribution >= 0.6 is 23.2 Å². The molecule has 1 aliphatic heterocycles. The highest BCUT2D eigenvalue weighted by molar-refractivity contribution is 6.36. The Labute approximate surface area is 196 Å². The first kappa shape index (κ1) is 22.6. The third-order valence-corrected chi connectivity index (χ3v) is 6.17. The van der Waals surface area contributed by atoms with Crippen molar-refractivity contribution in [3.63, 3.8) is 0 Å². The third kappa shape index (κ3) is 4.76. The molecule has 0 radical (unpaired) electrons. The molecular formula is C22H26Cl2N6O2. The Morgan fingerprint density at radius 3 is 2.53 bits per heavy atom. The maximum atomic E-state index is 12.3. The summed E-state index contributed by atoms with van der Waals surface area (Å²) in [6.07, 6.45) is 2.82. The highest BCUT2D eigenvalue weighted by Gasteiger charge is 2.29. The van der Waals surface area contributed by atoms with E-state index in [0.29, 0.717) is 40.8 Å². The van der Waals surface area contributed by atoms with Crippen LogP contribution in [0.15, 0.2) is 24.5 Å². The van der Waals surface area contributed by atoms with Crippen molar-refractivity contribution in [2.45, 2.75) is 51.7 Å². The number of benzene rings is 1. The number of aromatic amines is 1. The molecule has 0 spiro atoms. The minimum absolute atomic E-state index is 0.131. The van der Waals surface area contributed by atoms with E-state index in [1.54, 1.807) is 29.4 Å².